The number of hydrogen-bond acceptors (Lipinski definition) is 2. The van der Waals surface area contributed by atoms with Gasteiger partial charge >= 0.3 is 0 Å². The number of carbonyl (C=O) groups is 1. The molecule has 0 aliphatic carbocycles. The molecule has 0 fully saturated rings. The Hall–Kier alpha value is -1.42. The molecule has 0 aromatic heterocycles. The number of rotatable bonds is 4. The first-order chi connectivity index (χ1) is 10.8. The molecule has 1 atom stereocenters. The van der Waals surface area contributed by atoms with Crippen molar-refractivity contribution in [2.24, 2.45) is 0 Å². The van der Waals surface area contributed by atoms with Crippen molar-refractivity contribution < 1.29 is 4.79 Å². The van der Waals surface area contributed by atoms with Gasteiger partial charge in [0.25, 0.3) is 5.91 Å². The minimum atomic E-state index is -1.71. The number of anilines is 1. The van der Waals surface area contributed by atoms with Crippen LogP contribution in [-0.4, -0.2) is 15.9 Å². The fourth-order valence-corrected chi connectivity index (χ4v) is 2.34. The van der Waals surface area contributed by atoms with E-state index in [4.69, 9.17) is 34.8 Å². The molecule has 0 aliphatic heterocycles. The maximum atomic E-state index is 12.4. The van der Waals surface area contributed by atoms with Gasteiger partial charge in [-0.05, 0) is 37.6 Å². The van der Waals surface area contributed by atoms with Crippen molar-refractivity contribution in [3.05, 3.63) is 65.2 Å². The van der Waals surface area contributed by atoms with Crippen LogP contribution in [0.1, 0.15) is 21.5 Å². The molecule has 2 N–H and O–H groups in total. The van der Waals surface area contributed by atoms with E-state index in [9.17, 15) is 4.79 Å². The summed E-state index contributed by atoms with van der Waals surface area (Å²) >= 11 is 18.0. The average molecular weight is 372 g/mol. The van der Waals surface area contributed by atoms with E-state index < -0.39 is 9.96 Å². The van der Waals surface area contributed by atoms with Crippen molar-refractivity contribution in [1.29, 1.82) is 0 Å². The van der Waals surface area contributed by atoms with Gasteiger partial charge in [-0.25, -0.2) is 0 Å². The summed E-state index contributed by atoms with van der Waals surface area (Å²) in [4.78, 5) is 12.4. The van der Waals surface area contributed by atoms with Gasteiger partial charge in [-0.3, -0.25) is 4.79 Å². The van der Waals surface area contributed by atoms with E-state index in [0.717, 1.165) is 16.8 Å². The number of aryl methyl sites for hydroxylation is 2. The topological polar surface area (TPSA) is 41.1 Å². The van der Waals surface area contributed by atoms with Crippen LogP contribution in [0.5, 0.6) is 0 Å². The quantitative estimate of drug-likeness (QED) is 0.596. The molecule has 0 saturated carbocycles. The lowest BCUT2D eigenvalue weighted by Gasteiger charge is -2.28. The summed E-state index contributed by atoms with van der Waals surface area (Å²) in [5.74, 6) is -0.317. The third-order valence-electron chi connectivity index (χ3n) is 3.36. The van der Waals surface area contributed by atoms with Gasteiger partial charge in [-0.2, -0.15) is 0 Å². The Labute approximate surface area is 150 Å². The van der Waals surface area contributed by atoms with Crippen molar-refractivity contribution >= 4 is 46.4 Å². The van der Waals surface area contributed by atoms with E-state index in [2.05, 4.69) is 10.6 Å². The average Bonchev–Trinajstić information content (AvgIpc) is 2.48. The molecule has 0 saturated heterocycles. The molecule has 1 amide bonds. The summed E-state index contributed by atoms with van der Waals surface area (Å²) in [5.41, 5.74) is 3.34. The van der Waals surface area contributed by atoms with E-state index in [-0.39, 0.29) is 5.91 Å². The number of carbonyl (C=O) groups excluding carboxylic acids is 1. The first-order valence-corrected chi connectivity index (χ1v) is 8.17. The van der Waals surface area contributed by atoms with Gasteiger partial charge in [-0.15, -0.1) is 0 Å². The van der Waals surface area contributed by atoms with Crippen LogP contribution in [0.3, 0.4) is 0 Å². The molecule has 3 nitrogen and oxygen atoms in total. The highest BCUT2D eigenvalue weighted by atomic mass is 35.6. The van der Waals surface area contributed by atoms with Gasteiger partial charge in [0, 0.05) is 11.3 Å². The number of nitrogens with one attached hydrogen (secondary N) is 2. The molecular weight excluding hydrogens is 355 g/mol. The van der Waals surface area contributed by atoms with Crippen molar-refractivity contribution in [2.75, 3.05) is 5.32 Å². The largest absolute Gasteiger partial charge is 0.362 e. The van der Waals surface area contributed by atoms with Gasteiger partial charge in [0.15, 0.2) is 0 Å². The van der Waals surface area contributed by atoms with Crippen molar-refractivity contribution in [3.63, 3.8) is 0 Å². The zero-order chi connectivity index (χ0) is 17.0. The standard InChI is InChI=1S/C17H17Cl3N2O/c1-11-7-9-13(10-8-11)15(23)22-16(17(18,19)20)21-14-6-4-3-5-12(14)2/h3-10,16,21H,1-2H3,(H,22,23). The summed E-state index contributed by atoms with van der Waals surface area (Å²) < 4.78 is -1.71. The number of alkyl halides is 3. The summed E-state index contributed by atoms with van der Waals surface area (Å²) in [6, 6.07) is 14.7. The Kier molecular flexibility index (Phi) is 5.79. The van der Waals surface area contributed by atoms with Crippen molar-refractivity contribution in [1.82, 2.24) is 5.32 Å². The first-order valence-electron chi connectivity index (χ1n) is 7.04. The Balaban J connectivity index is 2.18. The summed E-state index contributed by atoms with van der Waals surface area (Å²) in [6.07, 6.45) is -0.873. The van der Waals surface area contributed by atoms with Crippen LogP contribution in [0.4, 0.5) is 5.69 Å². The van der Waals surface area contributed by atoms with E-state index in [1.807, 2.05) is 50.2 Å². The molecule has 0 heterocycles. The fourth-order valence-electron chi connectivity index (χ4n) is 2.01. The van der Waals surface area contributed by atoms with E-state index >= 15 is 0 Å². The highest BCUT2D eigenvalue weighted by Crippen LogP contribution is 2.31. The molecule has 122 valence electrons. The van der Waals surface area contributed by atoms with E-state index in [0.29, 0.717) is 5.56 Å². The molecular formula is C17H17Cl3N2O. The molecule has 2 aromatic carbocycles. The van der Waals surface area contributed by atoms with Crippen LogP contribution in [0, 0.1) is 13.8 Å². The Morgan fingerprint density at radius 1 is 1.00 bits per heavy atom. The lowest BCUT2D eigenvalue weighted by atomic mass is 10.1. The number of para-hydroxylation sites is 1. The van der Waals surface area contributed by atoms with Gasteiger partial charge in [0.1, 0.15) is 6.17 Å². The van der Waals surface area contributed by atoms with Gasteiger partial charge in [0.2, 0.25) is 3.79 Å². The Bertz CT molecular complexity index is 681. The molecule has 0 aliphatic rings. The molecule has 6 heteroatoms. The lowest BCUT2D eigenvalue weighted by Crippen LogP contribution is -2.49. The third kappa shape index (κ3) is 5.03. The zero-order valence-electron chi connectivity index (χ0n) is 12.7. The lowest BCUT2D eigenvalue weighted by molar-refractivity contribution is 0.0942. The van der Waals surface area contributed by atoms with E-state index in [1.54, 1.807) is 12.1 Å². The summed E-state index contributed by atoms with van der Waals surface area (Å²) in [7, 11) is 0. The highest BCUT2D eigenvalue weighted by molar-refractivity contribution is 6.68. The van der Waals surface area contributed by atoms with Crippen LogP contribution >= 0.6 is 34.8 Å². The molecule has 23 heavy (non-hydrogen) atoms. The minimum Gasteiger partial charge on any atom is -0.362 e. The Morgan fingerprint density at radius 3 is 2.17 bits per heavy atom. The second-order valence-electron chi connectivity index (χ2n) is 5.27. The van der Waals surface area contributed by atoms with Gasteiger partial charge in [-0.1, -0.05) is 70.7 Å². The second kappa shape index (κ2) is 7.43. The number of halogens is 3. The van der Waals surface area contributed by atoms with Gasteiger partial charge in [0.05, 0.1) is 0 Å². The van der Waals surface area contributed by atoms with Crippen LogP contribution in [0.2, 0.25) is 0 Å². The maximum absolute atomic E-state index is 12.4. The van der Waals surface area contributed by atoms with Gasteiger partial charge < -0.3 is 10.6 Å². The number of amides is 1. The summed E-state index contributed by atoms with van der Waals surface area (Å²) in [5, 5.41) is 5.79. The summed E-state index contributed by atoms with van der Waals surface area (Å²) in [6.45, 7) is 3.88. The SMILES string of the molecule is Cc1ccc(C(=O)NC(Nc2ccccc2C)C(Cl)(Cl)Cl)cc1. The molecule has 0 spiro atoms. The Morgan fingerprint density at radius 2 is 1.61 bits per heavy atom. The highest BCUT2D eigenvalue weighted by Gasteiger charge is 2.34. The first kappa shape index (κ1) is 17.9. The molecule has 2 rings (SSSR count). The monoisotopic (exact) mass is 370 g/mol. The van der Waals surface area contributed by atoms with Crippen LogP contribution < -0.4 is 10.6 Å². The van der Waals surface area contributed by atoms with Crippen LogP contribution in [-0.2, 0) is 0 Å². The van der Waals surface area contributed by atoms with Crippen LogP contribution in [0.15, 0.2) is 48.5 Å². The maximum Gasteiger partial charge on any atom is 0.252 e. The molecule has 1 unspecified atom stereocenters. The minimum absolute atomic E-state index is 0.317. The zero-order valence-corrected chi connectivity index (χ0v) is 15.0. The fraction of sp³-hybridized carbons (Fsp3) is 0.235. The normalized spacial score (nSPS) is 12.6. The second-order valence-corrected chi connectivity index (χ2v) is 7.64. The van der Waals surface area contributed by atoms with Crippen LogP contribution in [0.25, 0.3) is 0 Å². The third-order valence-corrected chi connectivity index (χ3v) is 4.02. The smallest absolute Gasteiger partial charge is 0.252 e. The van der Waals surface area contributed by atoms with Crippen molar-refractivity contribution in [3.8, 4) is 0 Å². The molecule has 0 radical (unpaired) electrons. The molecule has 2 aromatic rings. The number of hydrogen-bond donors (Lipinski definition) is 2. The van der Waals surface area contributed by atoms with Crippen molar-refractivity contribution in [2.45, 2.75) is 23.8 Å². The predicted molar refractivity (Wildman–Crippen MR) is 97.5 cm³/mol. The van der Waals surface area contributed by atoms with E-state index in [1.165, 1.54) is 0 Å². The molecule has 0 bridgehead atoms. The predicted octanol–water partition coefficient (Wildman–Crippen LogP) is 4.84. The number of benzene rings is 2.